The third-order valence-corrected chi connectivity index (χ3v) is 5.34. The van der Waals surface area contributed by atoms with Gasteiger partial charge in [0.25, 0.3) is 5.91 Å². The van der Waals surface area contributed by atoms with Crippen molar-refractivity contribution in [1.29, 1.82) is 0 Å². The Morgan fingerprint density at radius 2 is 1.61 bits per heavy atom. The van der Waals surface area contributed by atoms with Crippen molar-refractivity contribution in [3.63, 3.8) is 0 Å². The summed E-state index contributed by atoms with van der Waals surface area (Å²) in [5, 5.41) is 3.62. The van der Waals surface area contributed by atoms with Crippen LogP contribution < -0.4 is 5.32 Å². The molecule has 5 nitrogen and oxygen atoms in total. The van der Waals surface area contributed by atoms with E-state index in [1.807, 2.05) is 36.1 Å². The Hall–Kier alpha value is -2.37. The summed E-state index contributed by atoms with van der Waals surface area (Å²) >= 11 is 5.90. The number of nitrogens with zero attached hydrogens (tertiary/aromatic N) is 2. The maximum absolute atomic E-state index is 12.6. The molecule has 1 unspecified atom stereocenters. The van der Waals surface area contributed by atoms with Crippen molar-refractivity contribution in [3.05, 3.63) is 64.7 Å². The van der Waals surface area contributed by atoms with Crippen molar-refractivity contribution in [3.8, 4) is 0 Å². The summed E-state index contributed by atoms with van der Waals surface area (Å²) in [6, 6.07) is 14.7. The lowest BCUT2D eigenvalue weighted by Gasteiger charge is -2.32. The molecule has 0 aromatic heterocycles. The highest BCUT2D eigenvalue weighted by atomic mass is 35.5. The molecule has 0 radical (unpaired) electrons. The van der Waals surface area contributed by atoms with E-state index in [0.29, 0.717) is 22.7 Å². The van der Waals surface area contributed by atoms with Crippen LogP contribution in [0.1, 0.15) is 22.8 Å². The second-order valence-electron chi connectivity index (χ2n) is 7.39. The van der Waals surface area contributed by atoms with Gasteiger partial charge in [-0.1, -0.05) is 30.7 Å². The molecule has 0 bridgehead atoms. The number of anilines is 1. The quantitative estimate of drug-likeness (QED) is 0.836. The molecule has 3 rings (SSSR count). The van der Waals surface area contributed by atoms with Crippen LogP contribution in [0.4, 0.5) is 5.69 Å². The van der Waals surface area contributed by atoms with Crippen LogP contribution in [0.5, 0.6) is 0 Å². The van der Waals surface area contributed by atoms with E-state index >= 15 is 0 Å². The monoisotopic (exact) mass is 399 g/mol. The van der Waals surface area contributed by atoms with Gasteiger partial charge in [-0.3, -0.25) is 9.59 Å². The number of amides is 2. The zero-order valence-corrected chi connectivity index (χ0v) is 17.1. The Bertz CT molecular complexity index is 813. The van der Waals surface area contributed by atoms with Gasteiger partial charge >= 0.3 is 0 Å². The molecule has 0 spiro atoms. The first-order valence-corrected chi connectivity index (χ1v) is 9.93. The molecule has 1 aliphatic heterocycles. The van der Waals surface area contributed by atoms with E-state index < -0.39 is 0 Å². The normalized spacial score (nSPS) is 15.9. The second-order valence-corrected chi connectivity index (χ2v) is 7.83. The summed E-state index contributed by atoms with van der Waals surface area (Å²) in [5.74, 6) is -0.178. The lowest BCUT2D eigenvalue weighted by molar-refractivity contribution is -0.119. The van der Waals surface area contributed by atoms with E-state index in [0.717, 1.165) is 31.7 Å². The van der Waals surface area contributed by atoms with Crippen LogP contribution in [-0.4, -0.2) is 54.8 Å². The topological polar surface area (TPSA) is 52.7 Å². The van der Waals surface area contributed by atoms with Gasteiger partial charge in [-0.2, -0.15) is 0 Å². The molecular weight excluding hydrogens is 374 g/mol. The van der Waals surface area contributed by atoms with Crippen LogP contribution >= 0.6 is 11.6 Å². The van der Waals surface area contributed by atoms with Gasteiger partial charge < -0.3 is 15.1 Å². The van der Waals surface area contributed by atoms with Gasteiger partial charge in [0.05, 0.1) is 0 Å². The van der Waals surface area contributed by atoms with Crippen LogP contribution in [0.25, 0.3) is 0 Å². The predicted octanol–water partition coefficient (Wildman–Crippen LogP) is 3.54. The van der Waals surface area contributed by atoms with E-state index in [2.05, 4.69) is 17.3 Å². The largest absolute Gasteiger partial charge is 0.336 e. The fourth-order valence-corrected chi connectivity index (χ4v) is 3.35. The lowest BCUT2D eigenvalue weighted by Crippen LogP contribution is -2.47. The molecule has 0 saturated carbocycles. The number of carbonyl (C=O) groups is 2. The molecule has 1 atom stereocenters. The van der Waals surface area contributed by atoms with Gasteiger partial charge in [-0.25, -0.2) is 0 Å². The summed E-state index contributed by atoms with van der Waals surface area (Å²) in [6.07, 6.45) is 0.642. The molecule has 1 aliphatic rings. The molecule has 1 N–H and O–H groups in total. The second kappa shape index (κ2) is 9.22. The third-order valence-electron chi connectivity index (χ3n) is 5.09. The fraction of sp³-hybridized carbons (Fsp3) is 0.364. The number of benzene rings is 2. The summed E-state index contributed by atoms with van der Waals surface area (Å²) in [7, 11) is 2.06. The molecule has 6 heteroatoms. The Balaban J connectivity index is 1.55. The van der Waals surface area contributed by atoms with Crippen molar-refractivity contribution in [2.24, 2.45) is 5.92 Å². The highest BCUT2D eigenvalue weighted by Gasteiger charge is 2.20. The molecule has 148 valence electrons. The van der Waals surface area contributed by atoms with Crippen molar-refractivity contribution in [1.82, 2.24) is 9.80 Å². The van der Waals surface area contributed by atoms with Crippen molar-refractivity contribution in [2.75, 3.05) is 38.5 Å². The zero-order valence-electron chi connectivity index (χ0n) is 16.3. The Labute approximate surface area is 171 Å². The number of nitrogens with one attached hydrogen (secondary N) is 1. The van der Waals surface area contributed by atoms with Gasteiger partial charge in [0.2, 0.25) is 5.91 Å². The van der Waals surface area contributed by atoms with Gasteiger partial charge in [-0.05, 0) is 55.4 Å². The van der Waals surface area contributed by atoms with Crippen molar-refractivity contribution < 1.29 is 9.59 Å². The third kappa shape index (κ3) is 5.33. The summed E-state index contributed by atoms with van der Waals surface area (Å²) in [5.41, 5.74) is 2.42. The molecule has 2 aromatic carbocycles. The SMILES string of the molecule is CC(Cc1ccc(Cl)cc1)C(=O)Nc1ccc(C(=O)N2CCN(C)CC2)cc1. The Morgan fingerprint density at radius 1 is 1.00 bits per heavy atom. The lowest BCUT2D eigenvalue weighted by atomic mass is 10.0. The smallest absolute Gasteiger partial charge is 0.253 e. The number of piperazine rings is 1. The molecule has 1 saturated heterocycles. The fourth-order valence-electron chi connectivity index (χ4n) is 3.22. The highest BCUT2D eigenvalue weighted by Crippen LogP contribution is 2.17. The van der Waals surface area contributed by atoms with Crippen LogP contribution in [0, 0.1) is 5.92 Å². The first-order valence-electron chi connectivity index (χ1n) is 9.55. The first-order chi connectivity index (χ1) is 13.4. The van der Waals surface area contributed by atoms with Gasteiger partial charge in [0.1, 0.15) is 0 Å². The summed E-state index contributed by atoms with van der Waals surface area (Å²) in [6.45, 7) is 5.18. The van der Waals surface area contributed by atoms with Crippen LogP contribution in [0.2, 0.25) is 5.02 Å². The standard InChI is InChI=1S/C22H26ClN3O2/c1-16(15-17-3-7-19(23)8-4-17)21(27)24-20-9-5-18(6-10-20)22(28)26-13-11-25(2)12-14-26/h3-10,16H,11-15H2,1-2H3,(H,24,27). The van der Waals surface area contributed by atoms with E-state index in [9.17, 15) is 9.59 Å². The van der Waals surface area contributed by atoms with Gasteiger partial charge in [-0.15, -0.1) is 0 Å². The summed E-state index contributed by atoms with van der Waals surface area (Å²) < 4.78 is 0. The molecule has 0 aliphatic carbocycles. The molecule has 1 fully saturated rings. The van der Waals surface area contributed by atoms with Gasteiger partial charge in [0, 0.05) is 48.4 Å². The molecule has 28 heavy (non-hydrogen) atoms. The zero-order chi connectivity index (χ0) is 20.1. The number of likely N-dealkylation sites (N-methyl/N-ethyl adjacent to an activating group) is 1. The molecule has 1 heterocycles. The molecule has 2 amide bonds. The van der Waals surface area contributed by atoms with Crippen molar-refractivity contribution >= 4 is 29.1 Å². The number of hydrogen-bond donors (Lipinski definition) is 1. The first kappa shape index (κ1) is 20.4. The minimum atomic E-state index is -0.173. The van der Waals surface area contributed by atoms with Gasteiger partial charge in [0.15, 0.2) is 0 Å². The number of halogens is 1. The van der Waals surface area contributed by atoms with Crippen LogP contribution in [-0.2, 0) is 11.2 Å². The molecule has 2 aromatic rings. The Kier molecular flexibility index (Phi) is 6.70. The average Bonchev–Trinajstić information content (AvgIpc) is 2.70. The summed E-state index contributed by atoms with van der Waals surface area (Å²) in [4.78, 5) is 29.1. The average molecular weight is 400 g/mol. The Morgan fingerprint density at radius 3 is 2.21 bits per heavy atom. The minimum Gasteiger partial charge on any atom is -0.336 e. The number of carbonyl (C=O) groups excluding carboxylic acids is 2. The van der Waals surface area contributed by atoms with E-state index in [4.69, 9.17) is 11.6 Å². The maximum atomic E-state index is 12.6. The maximum Gasteiger partial charge on any atom is 0.253 e. The van der Waals surface area contributed by atoms with E-state index in [1.54, 1.807) is 24.3 Å². The van der Waals surface area contributed by atoms with Crippen molar-refractivity contribution in [2.45, 2.75) is 13.3 Å². The van der Waals surface area contributed by atoms with Crippen LogP contribution in [0.3, 0.4) is 0 Å². The van der Waals surface area contributed by atoms with E-state index in [1.165, 1.54) is 0 Å². The minimum absolute atomic E-state index is 0.0436. The predicted molar refractivity (Wildman–Crippen MR) is 113 cm³/mol. The number of rotatable bonds is 5. The highest BCUT2D eigenvalue weighted by molar-refractivity contribution is 6.30. The number of hydrogen-bond acceptors (Lipinski definition) is 3. The molecular formula is C22H26ClN3O2. The van der Waals surface area contributed by atoms with E-state index in [-0.39, 0.29) is 17.7 Å². The van der Waals surface area contributed by atoms with Crippen LogP contribution in [0.15, 0.2) is 48.5 Å².